The molecule has 0 aromatic rings. The molecule has 0 saturated heterocycles. The molecule has 6 heteroatoms. The fraction of sp³-hybridized carbons (Fsp3) is 0.531. The molecule has 1 aliphatic heterocycles. The normalized spacial score (nSPS) is 23.3. The van der Waals surface area contributed by atoms with Gasteiger partial charge in [-0.15, -0.1) is 0 Å². The monoisotopic (exact) mass is 526 g/mol. The van der Waals surface area contributed by atoms with E-state index in [9.17, 15) is 19.5 Å². The molecule has 38 heavy (non-hydrogen) atoms. The largest absolute Gasteiger partial charge is 0.478 e. The minimum absolute atomic E-state index is 0.0378. The highest BCUT2D eigenvalue weighted by Crippen LogP contribution is 2.24. The molecule has 2 N–H and O–H groups in total. The first-order valence-electron chi connectivity index (χ1n) is 13.4. The molecule has 1 aliphatic rings. The topological polar surface area (TPSA) is 101 Å². The second-order valence-corrected chi connectivity index (χ2v) is 10.9. The lowest BCUT2D eigenvalue weighted by molar-refractivity contribution is -0.143. The summed E-state index contributed by atoms with van der Waals surface area (Å²) in [6.45, 7) is 15.3. The molecule has 1 rings (SSSR count). The van der Waals surface area contributed by atoms with Gasteiger partial charge in [-0.3, -0.25) is 4.79 Å². The van der Waals surface area contributed by atoms with Gasteiger partial charge < -0.3 is 14.9 Å². The maximum absolute atomic E-state index is 12.9. The summed E-state index contributed by atoms with van der Waals surface area (Å²) in [7, 11) is 0. The van der Waals surface area contributed by atoms with Gasteiger partial charge in [-0.25, -0.2) is 9.59 Å². The Kier molecular flexibility index (Phi) is 14.0. The summed E-state index contributed by atoms with van der Waals surface area (Å²) < 4.78 is 5.34. The molecule has 7 atom stereocenters. The van der Waals surface area contributed by atoms with E-state index in [4.69, 9.17) is 9.84 Å². The van der Waals surface area contributed by atoms with Gasteiger partial charge in [-0.2, -0.15) is 0 Å². The van der Waals surface area contributed by atoms with Gasteiger partial charge in [-0.1, -0.05) is 87.8 Å². The first kappa shape index (κ1) is 33.0. The van der Waals surface area contributed by atoms with E-state index in [1.807, 2.05) is 65.0 Å². The quantitative estimate of drug-likeness (QED) is 0.154. The van der Waals surface area contributed by atoms with Crippen LogP contribution in [0.1, 0.15) is 68.2 Å². The smallest absolute Gasteiger partial charge is 0.331 e. The van der Waals surface area contributed by atoms with Gasteiger partial charge in [0, 0.05) is 29.9 Å². The molecule has 0 fully saturated rings. The number of ketones is 1. The number of aliphatic carboxylic acids is 1. The van der Waals surface area contributed by atoms with E-state index in [0.29, 0.717) is 17.9 Å². The van der Waals surface area contributed by atoms with Crippen LogP contribution in [-0.2, 0) is 19.1 Å². The number of aliphatic hydroxyl groups is 1. The van der Waals surface area contributed by atoms with E-state index in [0.717, 1.165) is 23.6 Å². The maximum Gasteiger partial charge on any atom is 0.331 e. The van der Waals surface area contributed by atoms with Gasteiger partial charge in [0.1, 0.15) is 11.9 Å². The Bertz CT molecular complexity index is 1010. The molecule has 0 radical (unpaired) electrons. The number of Topliss-reactive ketones (excluding diaryl/α,β-unsaturated/α-hetero) is 1. The molecule has 1 heterocycles. The summed E-state index contributed by atoms with van der Waals surface area (Å²) in [6, 6.07) is 0. The second kappa shape index (κ2) is 16.1. The van der Waals surface area contributed by atoms with Crippen LogP contribution in [0.15, 0.2) is 71.4 Å². The zero-order valence-electron chi connectivity index (χ0n) is 24.2. The number of esters is 1. The molecule has 0 bridgehead atoms. The van der Waals surface area contributed by atoms with Crippen molar-refractivity contribution in [2.24, 2.45) is 29.6 Å². The number of hydrogen-bond acceptors (Lipinski definition) is 5. The lowest BCUT2D eigenvalue weighted by Gasteiger charge is -2.25. The molecule has 6 nitrogen and oxygen atoms in total. The first-order valence-corrected chi connectivity index (χ1v) is 13.4. The Labute approximate surface area is 228 Å². The molecule has 4 unspecified atom stereocenters. The van der Waals surface area contributed by atoms with Crippen LogP contribution >= 0.6 is 0 Å². The Morgan fingerprint density at radius 1 is 1.05 bits per heavy atom. The Morgan fingerprint density at radius 3 is 2.32 bits per heavy atom. The number of carboxylic acids is 1. The molecule has 0 aliphatic carbocycles. The Hall–Kier alpha value is -2.99. The van der Waals surface area contributed by atoms with Crippen molar-refractivity contribution < 1.29 is 29.3 Å². The van der Waals surface area contributed by atoms with Crippen LogP contribution < -0.4 is 0 Å². The van der Waals surface area contributed by atoms with E-state index in [1.165, 1.54) is 6.08 Å². The van der Waals surface area contributed by atoms with E-state index < -0.39 is 18.0 Å². The van der Waals surface area contributed by atoms with Crippen molar-refractivity contribution in [3.8, 4) is 0 Å². The van der Waals surface area contributed by atoms with Gasteiger partial charge in [0.2, 0.25) is 0 Å². The minimum atomic E-state index is -1.01. The summed E-state index contributed by atoms with van der Waals surface area (Å²) in [6.07, 6.45) is 16.8. The third-order valence-electron chi connectivity index (χ3n) is 6.81. The van der Waals surface area contributed by atoms with Crippen molar-refractivity contribution >= 4 is 17.7 Å². The number of ether oxygens (including phenoxy) is 1. The van der Waals surface area contributed by atoms with Gasteiger partial charge >= 0.3 is 11.9 Å². The van der Waals surface area contributed by atoms with Crippen molar-refractivity contribution in [2.45, 2.75) is 80.4 Å². The highest BCUT2D eigenvalue weighted by molar-refractivity contribution is 5.85. The van der Waals surface area contributed by atoms with Gasteiger partial charge in [0.05, 0.1) is 6.10 Å². The molecule has 0 aromatic carbocycles. The van der Waals surface area contributed by atoms with E-state index >= 15 is 0 Å². The zero-order valence-corrected chi connectivity index (χ0v) is 24.2. The summed E-state index contributed by atoms with van der Waals surface area (Å²) in [4.78, 5) is 35.2. The lowest BCUT2D eigenvalue weighted by atomic mass is 9.83. The van der Waals surface area contributed by atoms with Gasteiger partial charge in [-0.05, 0) is 51.5 Å². The second-order valence-electron chi connectivity index (χ2n) is 10.9. The van der Waals surface area contributed by atoms with Crippen molar-refractivity contribution in [1.29, 1.82) is 0 Å². The van der Waals surface area contributed by atoms with Gasteiger partial charge in [0.25, 0.3) is 0 Å². The summed E-state index contributed by atoms with van der Waals surface area (Å²) in [5.74, 6) is -2.02. The number of carbonyl (C=O) groups is 3. The molecular formula is C32H46O6. The highest BCUT2D eigenvalue weighted by Gasteiger charge is 2.29. The van der Waals surface area contributed by atoms with Crippen LogP contribution in [0.3, 0.4) is 0 Å². The summed E-state index contributed by atoms with van der Waals surface area (Å²) in [5.41, 5.74) is 2.75. The first-order chi connectivity index (χ1) is 17.7. The summed E-state index contributed by atoms with van der Waals surface area (Å²) >= 11 is 0. The number of allylic oxidation sites excluding steroid dienone is 8. The number of cyclic esters (lactones) is 1. The van der Waals surface area contributed by atoms with Crippen LogP contribution in [0.25, 0.3) is 0 Å². The van der Waals surface area contributed by atoms with Crippen LogP contribution in [0, 0.1) is 29.6 Å². The third kappa shape index (κ3) is 12.0. The SMILES string of the molecule is CC(C=C[C@@H]1OC(=O)C=C[C@@H]1C)=CC(C)CC=CC(C)=CC(C)C(=O)C(C)[C@H](O)C(C)CC(C)=CC(=O)O. The van der Waals surface area contributed by atoms with Crippen molar-refractivity contribution in [3.63, 3.8) is 0 Å². The fourth-order valence-corrected chi connectivity index (χ4v) is 4.63. The zero-order chi connectivity index (χ0) is 29.0. The number of rotatable bonds is 14. The van der Waals surface area contributed by atoms with E-state index in [-0.39, 0.29) is 35.6 Å². The average Bonchev–Trinajstić information content (AvgIpc) is 2.82. The molecular weight excluding hydrogens is 480 g/mol. The predicted octanol–water partition coefficient (Wildman–Crippen LogP) is 6.39. The van der Waals surface area contributed by atoms with E-state index in [2.05, 4.69) is 19.1 Å². The minimum Gasteiger partial charge on any atom is -0.478 e. The van der Waals surface area contributed by atoms with Crippen molar-refractivity contribution in [1.82, 2.24) is 0 Å². The van der Waals surface area contributed by atoms with Crippen LogP contribution in [-0.4, -0.2) is 40.1 Å². The fourth-order valence-electron chi connectivity index (χ4n) is 4.63. The van der Waals surface area contributed by atoms with Crippen LogP contribution in [0.4, 0.5) is 0 Å². The standard InChI is InChI=1S/C32H46O6/c1-20(16-22(3)12-14-28-24(5)13-15-30(35)38-28)10-9-11-21(2)17-25(6)31(36)27(8)32(37)26(7)18-23(4)19-29(33)34/h9,11-17,19-20,24-28,32,37H,10,18H2,1-8H3,(H,33,34)/t20?,24-,25?,26?,27?,28-,32+/m0/s1. The molecule has 0 spiro atoms. The summed E-state index contributed by atoms with van der Waals surface area (Å²) in [5, 5.41) is 19.5. The number of carbonyl (C=O) groups excluding carboxylic acids is 2. The number of hydrogen-bond donors (Lipinski definition) is 2. The molecule has 0 amide bonds. The van der Waals surface area contributed by atoms with E-state index in [1.54, 1.807) is 13.8 Å². The predicted molar refractivity (Wildman–Crippen MR) is 152 cm³/mol. The molecule has 210 valence electrons. The lowest BCUT2D eigenvalue weighted by Crippen LogP contribution is -2.34. The average molecular weight is 527 g/mol. The third-order valence-corrected chi connectivity index (χ3v) is 6.81. The molecule has 0 aromatic heterocycles. The highest BCUT2D eigenvalue weighted by atomic mass is 16.5. The molecule has 0 saturated carbocycles. The van der Waals surface area contributed by atoms with Gasteiger partial charge in [0.15, 0.2) is 0 Å². The van der Waals surface area contributed by atoms with Crippen molar-refractivity contribution in [3.05, 3.63) is 71.4 Å². The Balaban J connectivity index is 2.63. The maximum atomic E-state index is 12.9. The number of aliphatic hydroxyl groups excluding tert-OH is 1. The van der Waals surface area contributed by atoms with Crippen LogP contribution in [0.2, 0.25) is 0 Å². The number of carboxylic acid groups (broad SMARTS) is 1. The Morgan fingerprint density at radius 2 is 1.68 bits per heavy atom. The van der Waals surface area contributed by atoms with Crippen molar-refractivity contribution in [2.75, 3.05) is 0 Å². The van der Waals surface area contributed by atoms with Crippen LogP contribution in [0.5, 0.6) is 0 Å².